The van der Waals surface area contributed by atoms with Crippen LogP contribution < -0.4 is 5.73 Å². The number of primary amides is 1. The summed E-state index contributed by atoms with van der Waals surface area (Å²) in [6.45, 7) is 0.0995. The van der Waals surface area contributed by atoms with E-state index in [1.165, 1.54) is 6.26 Å². The number of hydrogen-bond acceptors (Lipinski definition) is 3. The van der Waals surface area contributed by atoms with Gasteiger partial charge in [0.25, 0.3) is 0 Å². The Labute approximate surface area is 57.6 Å². The van der Waals surface area contributed by atoms with Crippen molar-refractivity contribution in [2.75, 3.05) is 0 Å². The quantitative estimate of drug-likeness (QED) is 0.664. The number of ether oxygens (including phenoxy) is 1. The van der Waals surface area contributed by atoms with Crippen LogP contribution in [0.4, 0.5) is 4.79 Å². The molecule has 0 aliphatic carbocycles. The molecule has 54 valence electrons. The molecule has 0 saturated carbocycles. The van der Waals surface area contributed by atoms with E-state index < -0.39 is 6.09 Å². The minimum atomic E-state index is -0.795. The first-order valence-electron chi connectivity index (χ1n) is 2.73. The van der Waals surface area contributed by atoms with Gasteiger partial charge in [0, 0.05) is 0 Å². The molecule has 2 N–H and O–H groups in total. The van der Waals surface area contributed by atoms with E-state index in [2.05, 4.69) is 4.74 Å². The van der Waals surface area contributed by atoms with Crippen LogP contribution in [0.25, 0.3) is 0 Å². The number of carbonyl (C=O) groups excluding carboxylic acids is 1. The third kappa shape index (κ3) is 1.81. The van der Waals surface area contributed by atoms with Crippen molar-refractivity contribution < 1.29 is 13.9 Å². The summed E-state index contributed by atoms with van der Waals surface area (Å²) in [7, 11) is 0. The molecule has 10 heavy (non-hydrogen) atoms. The molecule has 0 aliphatic rings. The topological polar surface area (TPSA) is 65.5 Å². The molecule has 1 aromatic rings. The molecule has 0 radical (unpaired) electrons. The van der Waals surface area contributed by atoms with Gasteiger partial charge in [-0.2, -0.15) is 0 Å². The maximum atomic E-state index is 10.1. The van der Waals surface area contributed by atoms with Gasteiger partial charge in [-0.1, -0.05) is 0 Å². The Balaban J connectivity index is 2.35. The predicted molar refractivity (Wildman–Crippen MR) is 33.1 cm³/mol. The van der Waals surface area contributed by atoms with E-state index in [4.69, 9.17) is 10.2 Å². The van der Waals surface area contributed by atoms with E-state index >= 15 is 0 Å². The van der Waals surface area contributed by atoms with Gasteiger partial charge in [0.15, 0.2) is 6.61 Å². The Morgan fingerprint density at radius 2 is 2.60 bits per heavy atom. The van der Waals surface area contributed by atoms with E-state index in [-0.39, 0.29) is 6.61 Å². The third-order valence-electron chi connectivity index (χ3n) is 0.937. The van der Waals surface area contributed by atoms with Gasteiger partial charge >= 0.3 is 6.09 Å². The normalized spacial score (nSPS) is 9.20. The molecule has 0 atom stereocenters. The van der Waals surface area contributed by atoms with Crippen LogP contribution in [-0.4, -0.2) is 6.09 Å². The van der Waals surface area contributed by atoms with E-state index in [0.717, 1.165) is 0 Å². The summed E-state index contributed by atoms with van der Waals surface area (Å²) in [5.41, 5.74) is 4.71. The van der Waals surface area contributed by atoms with Crippen molar-refractivity contribution in [1.82, 2.24) is 0 Å². The molecular weight excluding hydrogens is 134 g/mol. The van der Waals surface area contributed by atoms with Crippen LogP contribution in [0, 0.1) is 0 Å². The van der Waals surface area contributed by atoms with Crippen LogP contribution in [0.3, 0.4) is 0 Å². The smallest absolute Gasteiger partial charge is 0.404 e. The maximum absolute atomic E-state index is 10.1. The highest BCUT2D eigenvalue weighted by Crippen LogP contribution is 2.00. The van der Waals surface area contributed by atoms with Gasteiger partial charge in [-0.15, -0.1) is 0 Å². The van der Waals surface area contributed by atoms with Crippen LogP contribution >= 0.6 is 0 Å². The Morgan fingerprint density at radius 1 is 1.80 bits per heavy atom. The monoisotopic (exact) mass is 141 g/mol. The van der Waals surface area contributed by atoms with Crippen molar-refractivity contribution in [2.45, 2.75) is 6.61 Å². The summed E-state index contributed by atoms with van der Waals surface area (Å²) in [6, 6.07) is 3.41. The number of amides is 1. The van der Waals surface area contributed by atoms with Crippen molar-refractivity contribution in [3.8, 4) is 0 Å². The highest BCUT2D eigenvalue weighted by Gasteiger charge is 1.97. The molecule has 1 aromatic heterocycles. The molecule has 1 amide bonds. The minimum Gasteiger partial charge on any atom is -0.466 e. The van der Waals surface area contributed by atoms with Gasteiger partial charge in [-0.25, -0.2) is 4.79 Å². The largest absolute Gasteiger partial charge is 0.466 e. The van der Waals surface area contributed by atoms with Crippen LogP contribution in [0.2, 0.25) is 0 Å². The van der Waals surface area contributed by atoms with Gasteiger partial charge in [-0.05, 0) is 12.1 Å². The van der Waals surface area contributed by atoms with Gasteiger partial charge in [-0.3, -0.25) is 0 Å². The molecule has 1 rings (SSSR count). The fourth-order valence-electron chi connectivity index (χ4n) is 0.537. The zero-order valence-electron chi connectivity index (χ0n) is 5.24. The van der Waals surface area contributed by atoms with Crippen molar-refractivity contribution in [3.63, 3.8) is 0 Å². The average Bonchev–Trinajstić information content (AvgIpc) is 2.34. The zero-order valence-corrected chi connectivity index (χ0v) is 5.24. The van der Waals surface area contributed by atoms with Crippen molar-refractivity contribution in [1.29, 1.82) is 0 Å². The summed E-state index contributed by atoms with van der Waals surface area (Å²) >= 11 is 0. The first-order chi connectivity index (χ1) is 4.79. The lowest BCUT2D eigenvalue weighted by Crippen LogP contribution is -2.12. The Morgan fingerprint density at radius 3 is 3.10 bits per heavy atom. The summed E-state index contributed by atoms with van der Waals surface area (Å²) < 4.78 is 9.28. The van der Waals surface area contributed by atoms with Gasteiger partial charge in [0.1, 0.15) is 5.76 Å². The van der Waals surface area contributed by atoms with Crippen molar-refractivity contribution in [3.05, 3.63) is 24.2 Å². The highest BCUT2D eigenvalue weighted by atomic mass is 16.6. The molecule has 0 saturated heterocycles. The van der Waals surface area contributed by atoms with Crippen LogP contribution in [-0.2, 0) is 11.3 Å². The second-order valence-electron chi connectivity index (χ2n) is 1.69. The Hall–Kier alpha value is -1.45. The molecule has 0 spiro atoms. The van der Waals surface area contributed by atoms with Crippen LogP contribution in [0.5, 0.6) is 0 Å². The average molecular weight is 141 g/mol. The molecule has 4 heteroatoms. The molecule has 0 aliphatic heterocycles. The maximum Gasteiger partial charge on any atom is 0.404 e. The summed E-state index contributed by atoms with van der Waals surface area (Å²) in [5, 5.41) is 0. The van der Waals surface area contributed by atoms with Gasteiger partial charge < -0.3 is 14.9 Å². The van der Waals surface area contributed by atoms with E-state index in [0.29, 0.717) is 5.76 Å². The predicted octanol–water partition coefficient (Wildman–Crippen LogP) is 0.875. The first kappa shape index (κ1) is 6.67. The van der Waals surface area contributed by atoms with E-state index in [9.17, 15) is 4.79 Å². The number of hydrogen-bond donors (Lipinski definition) is 1. The Kier molecular flexibility index (Phi) is 1.94. The number of carbonyl (C=O) groups is 1. The highest BCUT2D eigenvalue weighted by molar-refractivity contribution is 5.64. The standard InChI is InChI=1S/C6H7NO3/c7-6(8)10-4-5-2-1-3-9-5/h1-3H,4H2,(H2,7,8). The minimum absolute atomic E-state index is 0.0995. The number of nitrogens with two attached hydrogens (primary N) is 1. The number of furan rings is 1. The zero-order chi connectivity index (χ0) is 7.40. The second-order valence-corrected chi connectivity index (χ2v) is 1.69. The number of rotatable bonds is 2. The lowest BCUT2D eigenvalue weighted by atomic mass is 10.5. The van der Waals surface area contributed by atoms with Crippen molar-refractivity contribution in [2.24, 2.45) is 5.73 Å². The SMILES string of the molecule is NC(=O)OCc1ccco1. The molecule has 0 fully saturated rings. The van der Waals surface area contributed by atoms with E-state index in [1.54, 1.807) is 12.1 Å². The third-order valence-corrected chi connectivity index (χ3v) is 0.937. The fraction of sp³-hybridized carbons (Fsp3) is 0.167. The lowest BCUT2D eigenvalue weighted by Gasteiger charge is -1.95. The molecule has 1 heterocycles. The molecule has 0 unspecified atom stereocenters. The molecule has 4 nitrogen and oxygen atoms in total. The van der Waals surface area contributed by atoms with Crippen LogP contribution in [0.1, 0.15) is 5.76 Å². The van der Waals surface area contributed by atoms with Crippen LogP contribution in [0.15, 0.2) is 22.8 Å². The summed E-state index contributed by atoms with van der Waals surface area (Å²) in [4.78, 5) is 10.1. The molecular formula is C6H7NO3. The first-order valence-corrected chi connectivity index (χ1v) is 2.73. The summed E-state index contributed by atoms with van der Waals surface area (Å²) in [6.07, 6.45) is 0.705. The van der Waals surface area contributed by atoms with Crippen molar-refractivity contribution >= 4 is 6.09 Å². The fourth-order valence-corrected chi connectivity index (χ4v) is 0.537. The lowest BCUT2D eigenvalue weighted by molar-refractivity contribution is 0.141. The Bertz CT molecular complexity index is 205. The molecule has 0 aromatic carbocycles. The van der Waals surface area contributed by atoms with E-state index in [1.807, 2.05) is 0 Å². The summed E-state index contributed by atoms with van der Waals surface area (Å²) in [5.74, 6) is 0.582. The molecule has 0 bridgehead atoms. The van der Waals surface area contributed by atoms with Gasteiger partial charge in [0.05, 0.1) is 6.26 Å². The van der Waals surface area contributed by atoms with Gasteiger partial charge in [0.2, 0.25) is 0 Å². The second kappa shape index (κ2) is 2.91.